The Hall–Kier alpha value is -1.87. The zero-order valence-corrected chi connectivity index (χ0v) is 10.5. The lowest BCUT2D eigenvalue weighted by molar-refractivity contribution is 0.414. The van der Waals surface area contributed by atoms with E-state index in [2.05, 4.69) is 0 Å². The maximum atomic E-state index is 13.5. The average Bonchev–Trinajstić information content (AvgIpc) is 2.41. The SMILES string of the molecule is COc1cccc(C(N)c2ccc(C)c(F)c2)c1. The third-order valence-corrected chi connectivity index (χ3v) is 3.01. The second-order valence-corrected chi connectivity index (χ2v) is 4.26. The summed E-state index contributed by atoms with van der Waals surface area (Å²) in [7, 11) is 1.61. The standard InChI is InChI=1S/C15H16FNO/c1-10-6-7-12(9-14(10)16)15(17)11-4-3-5-13(8-11)18-2/h3-9,15H,17H2,1-2H3. The summed E-state index contributed by atoms with van der Waals surface area (Å²) in [5.74, 6) is 0.515. The lowest BCUT2D eigenvalue weighted by Gasteiger charge is -2.14. The Balaban J connectivity index is 2.34. The van der Waals surface area contributed by atoms with Crippen molar-refractivity contribution in [3.05, 3.63) is 65.0 Å². The molecule has 0 aliphatic rings. The third kappa shape index (κ3) is 2.51. The van der Waals surface area contributed by atoms with Gasteiger partial charge in [-0.2, -0.15) is 0 Å². The molecule has 2 aromatic carbocycles. The number of rotatable bonds is 3. The number of methoxy groups -OCH3 is 1. The highest BCUT2D eigenvalue weighted by atomic mass is 19.1. The van der Waals surface area contributed by atoms with Crippen LogP contribution in [0.1, 0.15) is 22.7 Å². The van der Waals surface area contributed by atoms with E-state index in [1.165, 1.54) is 6.07 Å². The molecule has 0 aliphatic carbocycles. The van der Waals surface area contributed by atoms with Gasteiger partial charge in [-0.1, -0.05) is 24.3 Å². The highest BCUT2D eigenvalue weighted by molar-refractivity contribution is 5.37. The molecule has 0 amide bonds. The van der Waals surface area contributed by atoms with Crippen LogP contribution in [0, 0.1) is 12.7 Å². The highest BCUT2D eigenvalue weighted by Crippen LogP contribution is 2.24. The molecule has 0 saturated heterocycles. The van der Waals surface area contributed by atoms with Crippen LogP contribution in [0.2, 0.25) is 0 Å². The Morgan fingerprint density at radius 3 is 2.50 bits per heavy atom. The summed E-state index contributed by atoms with van der Waals surface area (Å²) < 4.78 is 18.7. The van der Waals surface area contributed by atoms with Crippen molar-refractivity contribution < 1.29 is 9.13 Å². The van der Waals surface area contributed by atoms with Crippen molar-refractivity contribution >= 4 is 0 Å². The second-order valence-electron chi connectivity index (χ2n) is 4.26. The monoisotopic (exact) mass is 245 g/mol. The zero-order valence-electron chi connectivity index (χ0n) is 10.5. The molecule has 2 N–H and O–H groups in total. The molecule has 0 spiro atoms. The maximum Gasteiger partial charge on any atom is 0.126 e. The van der Waals surface area contributed by atoms with Gasteiger partial charge in [0.05, 0.1) is 13.2 Å². The van der Waals surface area contributed by atoms with Crippen molar-refractivity contribution in [2.45, 2.75) is 13.0 Å². The first-order chi connectivity index (χ1) is 8.61. The van der Waals surface area contributed by atoms with Gasteiger partial charge in [-0.05, 0) is 41.8 Å². The molecule has 0 radical (unpaired) electrons. The average molecular weight is 245 g/mol. The van der Waals surface area contributed by atoms with Crippen LogP contribution in [0.3, 0.4) is 0 Å². The molecule has 3 heteroatoms. The molecule has 2 aromatic rings. The van der Waals surface area contributed by atoms with Gasteiger partial charge in [0.2, 0.25) is 0 Å². The van der Waals surface area contributed by atoms with E-state index in [0.29, 0.717) is 5.56 Å². The van der Waals surface area contributed by atoms with Crippen LogP contribution >= 0.6 is 0 Å². The van der Waals surface area contributed by atoms with Crippen LogP contribution in [0.25, 0.3) is 0 Å². The van der Waals surface area contributed by atoms with Gasteiger partial charge in [0, 0.05) is 0 Å². The number of ether oxygens (including phenoxy) is 1. The fourth-order valence-corrected chi connectivity index (χ4v) is 1.83. The molecular weight excluding hydrogens is 229 g/mol. The van der Waals surface area contributed by atoms with Gasteiger partial charge in [-0.3, -0.25) is 0 Å². The summed E-state index contributed by atoms with van der Waals surface area (Å²) in [5, 5.41) is 0. The highest BCUT2D eigenvalue weighted by Gasteiger charge is 2.11. The van der Waals surface area contributed by atoms with Gasteiger partial charge in [0.1, 0.15) is 11.6 Å². The number of halogens is 1. The predicted octanol–water partition coefficient (Wildman–Crippen LogP) is 3.19. The zero-order chi connectivity index (χ0) is 13.1. The lowest BCUT2D eigenvalue weighted by Crippen LogP contribution is -2.12. The summed E-state index contributed by atoms with van der Waals surface area (Å²) in [4.78, 5) is 0. The van der Waals surface area contributed by atoms with Gasteiger partial charge >= 0.3 is 0 Å². The van der Waals surface area contributed by atoms with Gasteiger partial charge in [-0.15, -0.1) is 0 Å². The normalized spacial score (nSPS) is 12.2. The quantitative estimate of drug-likeness (QED) is 0.901. The van der Waals surface area contributed by atoms with Crippen LogP contribution in [-0.4, -0.2) is 7.11 Å². The summed E-state index contributed by atoms with van der Waals surface area (Å²) in [6, 6.07) is 12.2. The van der Waals surface area contributed by atoms with Crippen molar-refractivity contribution in [1.82, 2.24) is 0 Å². The summed E-state index contributed by atoms with van der Waals surface area (Å²) in [5.41, 5.74) is 8.41. The van der Waals surface area contributed by atoms with E-state index in [1.54, 1.807) is 20.1 Å². The molecule has 1 unspecified atom stereocenters. The molecule has 0 aliphatic heterocycles. The number of benzene rings is 2. The van der Waals surface area contributed by atoms with E-state index < -0.39 is 0 Å². The number of hydrogen-bond donors (Lipinski definition) is 1. The molecule has 0 bridgehead atoms. The second kappa shape index (κ2) is 5.19. The molecule has 2 rings (SSSR count). The van der Waals surface area contributed by atoms with Gasteiger partial charge < -0.3 is 10.5 Å². The maximum absolute atomic E-state index is 13.5. The lowest BCUT2D eigenvalue weighted by atomic mass is 9.98. The molecule has 94 valence electrons. The minimum Gasteiger partial charge on any atom is -0.497 e. The van der Waals surface area contributed by atoms with Gasteiger partial charge in [0.25, 0.3) is 0 Å². The molecule has 1 atom stereocenters. The Bertz CT molecular complexity index is 554. The van der Waals surface area contributed by atoms with Crippen molar-refractivity contribution in [3.63, 3.8) is 0 Å². The topological polar surface area (TPSA) is 35.2 Å². The first-order valence-electron chi connectivity index (χ1n) is 5.77. The summed E-state index contributed by atoms with van der Waals surface area (Å²) in [6.45, 7) is 1.73. The Labute approximate surface area is 106 Å². The minimum absolute atomic E-state index is 0.231. The van der Waals surface area contributed by atoms with Crippen molar-refractivity contribution in [1.29, 1.82) is 0 Å². The molecule has 2 nitrogen and oxygen atoms in total. The first-order valence-corrected chi connectivity index (χ1v) is 5.77. The summed E-state index contributed by atoms with van der Waals surface area (Å²) in [6.07, 6.45) is 0. The third-order valence-electron chi connectivity index (χ3n) is 3.01. The van der Waals surface area contributed by atoms with E-state index in [-0.39, 0.29) is 11.9 Å². The van der Waals surface area contributed by atoms with Crippen LogP contribution in [0.5, 0.6) is 5.75 Å². The minimum atomic E-state index is -0.352. The molecule has 0 aromatic heterocycles. The van der Waals surface area contributed by atoms with Crippen molar-refractivity contribution in [3.8, 4) is 5.75 Å². The van der Waals surface area contributed by atoms with Crippen LogP contribution in [-0.2, 0) is 0 Å². The van der Waals surface area contributed by atoms with E-state index >= 15 is 0 Å². The molecule has 0 saturated carbocycles. The van der Waals surface area contributed by atoms with Crippen molar-refractivity contribution in [2.24, 2.45) is 5.73 Å². The van der Waals surface area contributed by atoms with Crippen LogP contribution in [0.15, 0.2) is 42.5 Å². The van der Waals surface area contributed by atoms with Gasteiger partial charge in [0.15, 0.2) is 0 Å². The molecule has 18 heavy (non-hydrogen) atoms. The fraction of sp³-hybridized carbons (Fsp3) is 0.200. The molecular formula is C15H16FNO. The Morgan fingerprint density at radius 1 is 1.11 bits per heavy atom. The van der Waals surface area contributed by atoms with Crippen LogP contribution < -0.4 is 10.5 Å². The number of hydrogen-bond acceptors (Lipinski definition) is 2. The Morgan fingerprint density at radius 2 is 1.83 bits per heavy atom. The predicted molar refractivity (Wildman–Crippen MR) is 70.2 cm³/mol. The smallest absolute Gasteiger partial charge is 0.126 e. The number of aryl methyl sites for hydroxylation is 1. The van der Waals surface area contributed by atoms with E-state index in [4.69, 9.17) is 10.5 Å². The first kappa shape index (κ1) is 12.6. The van der Waals surface area contributed by atoms with E-state index in [9.17, 15) is 4.39 Å². The van der Waals surface area contributed by atoms with Gasteiger partial charge in [-0.25, -0.2) is 4.39 Å². The Kier molecular flexibility index (Phi) is 3.63. The fourth-order valence-electron chi connectivity index (χ4n) is 1.83. The van der Waals surface area contributed by atoms with Crippen LogP contribution in [0.4, 0.5) is 4.39 Å². The van der Waals surface area contributed by atoms with E-state index in [1.807, 2.05) is 30.3 Å². The largest absolute Gasteiger partial charge is 0.497 e. The number of nitrogens with two attached hydrogens (primary N) is 1. The molecule has 0 fully saturated rings. The van der Waals surface area contributed by atoms with Crippen molar-refractivity contribution in [2.75, 3.05) is 7.11 Å². The molecule has 0 heterocycles. The van der Waals surface area contributed by atoms with E-state index in [0.717, 1.165) is 16.9 Å². The summed E-state index contributed by atoms with van der Waals surface area (Å²) >= 11 is 0.